The van der Waals surface area contributed by atoms with Gasteiger partial charge in [-0.05, 0) is 39.1 Å². The Balaban J connectivity index is 1.78. The average Bonchev–Trinajstić information content (AvgIpc) is 2.94. The van der Waals surface area contributed by atoms with Crippen LogP contribution in [0.25, 0.3) is 33.0 Å². The Labute approximate surface area is 164 Å². The Morgan fingerprint density at radius 2 is 1.11 bits per heavy atom. The highest BCUT2D eigenvalue weighted by Crippen LogP contribution is 2.41. The number of benzene rings is 3. The minimum Gasteiger partial charge on any atom is -0.289 e. The number of hydrogen-bond donors (Lipinski definition) is 0. The van der Waals surface area contributed by atoms with E-state index in [4.69, 9.17) is 0 Å². The first-order valence-corrected chi connectivity index (χ1v) is 9.42. The molecule has 3 aromatic carbocycles. The van der Waals surface area contributed by atoms with Crippen molar-refractivity contribution in [2.24, 2.45) is 0 Å². The quantitative estimate of drug-likeness (QED) is 0.323. The molecule has 1 heteroatoms. The lowest BCUT2D eigenvalue weighted by atomic mass is 9.96. The minimum absolute atomic E-state index is 0.0586. The maximum absolute atomic E-state index is 13.3. The van der Waals surface area contributed by atoms with Crippen molar-refractivity contribution in [1.29, 1.82) is 0 Å². The zero-order chi connectivity index (χ0) is 18.9. The molecular formula is C27H18O. The fourth-order valence-electron chi connectivity index (χ4n) is 3.93. The largest absolute Gasteiger partial charge is 0.289 e. The monoisotopic (exact) mass is 358 g/mol. The molecule has 132 valence electrons. The molecular weight excluding hydrogens is 340 g/mol. The Hall–Kier alpha value is -3.71. The van der Waals surface area contributed by atoms with E-state index >= 15 is 0 Å². The van der Waals surface area contributed by atoms with E-state index < -0.39 is 0 Å². The first kappa shape index (κ1) is 16.5. The molecule has 0 bridgehead atoms. The zero-order valence-corrected chi connectivity index (χ0v) is 15.3. The SMILES string of the molecule is O=C(c1ccccc1)c1cc(-c2cccc3ccccc23)c2cccccc1-2. The van der Waals surface area contributed by atoms with E-state index in [2.05, 4.69) is 54.6 Å². The van der Waals surface area contributed by atoms with Crippen LogP contribution in [0.3, 0.4) is 0 Å². The van der Waals surface area contributed by atoms with Crippen LogP contribution in [0.1, 0.15) is 15.9 Å². The smallest absolute Gasteiger partial charge is 0.193 e. The fourth-order valence-corrected chi connectivity index (χ4v) is 3.93. The molecule has 0 saturated heterocycles. The maximum Gasteiger partial charge on any atom is 0.193 e. The minimum atomic E-state index is 0.0586. The molecule has 28 heavy (non-hydrogen) atoms. The number of fused-ring (bicyclic) bond motifs is 2. The average molecular weight is 358 g/mol. The third kappa shape index (κ3) is 2.69. The first-order chi connectivity index (χ1) is 13.8. The summed E-state index contributed by atoms with van der Waals surface area (Å²) in [5, 5.41) is 2.40. The summed E-state index contributed by atoms with van der Waals surface area (Å²) in [5.74, 6) is 0.0586. The lowest BCUT2D eigenvalue weighted by molar-refractivity contribution is 0.103. The van der Waals surface area contributed by atoms with E-state index in [1.807, 2.05) is 54.6 Å². The lowest BCUT2D eigenvalue weighted by Crippen LogP contribution is -2.00. The van der Waals surface area contributed by atoms with E-state index in [9.17, 15) is 4.79 Å². The van der Waals surface area contributed by atoms with Gasteiger partial charge in [-0.3, -0.25) is 4.79 Å². The van der Waals surface area contributed by atoms with Crippen LogP contribution in [-0.4, -0.2) is 5.78 Å². The molecule has 0 N–H and O–H groups in total. The van der Waals surface area contributed by atoms with Crippen molar-refractivity contribution < 1.29 is 4.79 Å². The summed E-state index contributed by atoms with van der Waals surface area (Å²) in [6.07, 6.45) is 0. The Bertz CT molecular complexity index is 1260. The molecule has 0 saturated carbocycles. The summed E-state index contributed by atoms with van der Waals surface area (Å²) in [5.41, 5.74) is 5.80. The number of carbonyl (C=O) groups is 1. The highest BCUT2D eigenvalue weighted by molar-refractivity contribution is 6.16. The Morgan fingerprint density at radius 3 is 1.93 bits per heavy atom. The summed E-state index contributed by atoms with van der Waals surface area (Å²) in [7, 11) is 0. The van der Waals surface area contributed by atoms with Crippen LogP contribution in [0.4, 0.5) is 0 Å². The number of carbonyl (C=O) groups excluding carboxylic acids is 1. The normalized spacial score (nSPS) is 11.0. The molecule has 5 rings (SSSR count). The standard InChI is InChI=1S/C27H18O/c28-27(20-11-3-1-4-12-20)26-18-25(23-15-5-2-6-16-24(23)26)22-17-9-13-19-10-7-8-14-21(19)22/h1-18H. The van der Waals surface area contributed by atoms with Crippen molar-refractivity contribution >= 4 is 16.6 Å². The van der Waals surface area contributed by atoms with Crippen molar-refractivity contribution in [3.05, 3.63) is 120 Å². The van der Waals surface area contributed by atoms with Crippen molar-refractivity contribution in [3.8, 4) is 22.3 Å². The second-order valence-electron chi connectivity index (χ2n) is 6.93. The molecule has 0 atom stereocenters. The van der Waals surface area contributed by atoms with Gasteiger partial charge in [0, 0.05) is 11.1 Å². The van der Waals surface area contributed by atoms with E-state index in [1.165, 1.54) is 10.8 Å². The molecule has 0 aromatic heterocycles. The predicted molar refractivity (Wildman–Crippen MR) is 116 cm³/mol. The van der Waals surface area contributed by atoms with Gasteiger partial charge in [0.05, 0.1) is 0 Å². The first-order valence-electron chi connectivity index (χ1n) is 9.42. The summed E-state index contributed by atoms with van der Waals surface area (Å²) in [6.45, 7) is 0. The molecule has 1 nitrogen and oxygen atoms in total. The van der Waals surface area contributed by atoms with E-state index in [1.54, 1.807) is 0 Å². The van der Waals surface area contributed by atoms with Gasteiger partial charge in [0.2, 0.25) is 0 Å². The van der Waals surface area contributed by atoms with Gasteiger partial charge in [-0.1, -0.05) is 103 Å². The second-order valence-corrected chi connectivity index (χ2v) is 6.93. The number of hydrogen-bond acceptors (Lipinski definition) is 1. The third-order valence-corrected chi connectivity index (χ3v) is 5.27. The highest BCUT2D eigenvalue weighted by Gasteiger charge is 2.22. The van der Waals surface area contributed by atoms with Crippen LogP contribution in [0.5, 0.6) is 0 Å². The Kier molecular flexibility index (Phi) is 3.99. The molecule has 0 aliphatic heterocycles. The van der Waals surface area contributed by atoms with Gasteiger partial charge in [0.25, 0.3) is 0 Å². The molecule has 0 radical (unpaired) electrons. The molecule has 2 aliphatic carbocycles. The Morgan fingerprint density at radius 1 is 0.500 bits per heavy atom. The molecule has 3 aromatic rings. The van der Waals surface area contributed by atoms with Gasteiger partial charge in [-0.2, -0.15) is 0 Å². The molecule has 0 heterocycles. The van der Waals surface area contributed by atoms with Gasteiger partial charge < -0.3 is 0 Å². The molecule has 0 amide bonds. The van der Waals surface area contributed by atoms with Gasteiger partial charge in [-0.15, -0.1) is 0 Å². The van der Waals surface area contributed by atoms with E-state index in [0.29, 0.717) is 5.56 Å². The van der Waals surface area contributed by atoms with Gasteiger partial charge in [0.1, 0.15) is 0 Å². The molecule has 0 spiro atoms. The second kappa shape index (κ2) is 6.79. The van der Waals surface area contributed by atoms with Gasteiger partial charge in [-0.25, -0.2) is 0 Å². The maximum atomic E-state index is 13.3. The van der Waals surface area contributed by atoms with Crippen LogP contribution in [0.15, 0.2) is 109 Å². The third-order valence-electron chi connectivity index (χ3n) is 5.27. The summed E-state index contributed by atoms with van der Waals surface area (Å²) in [4.78, 5) is 13.3. The highest BCUT2D eigenvalue weighted by atomic mass is 16.1. The van der Waals surface area contributed by atoms with Crippen LogP contribution in [0, 0.1) is 0 Å². The van der Waals surface area contributed by atoms with Crippen LogP contribution in [-0.2, 0) is 0 Å². The van der Waals surface area contributed by atoms with Gasteiger partial charge in [0.15, 0.2) is 5.78 Å². The van der Waals surface area contributed by atoms with Gasteiger partial charge >= 0.3 is 0 Å². The van der Waals surface area contributed by atoms with Crippen molar-refractivity contribution in [1.82, 2.24) is 0 Å². The van der Waals surface area contributed by atoms with E-state index in [-0.39, 0.29) is 5.78 Å². The van der Waals surface area contributed by atoms with Crippen LogP contribution in [0.2, 0.25) is 0 Å². The van der Waals surface area contributed by atoms with E-state index in [0.717, 1.165) is 27.8 Å². The van der Waals surface area contributed by atoms with Crippen molar-refractivity contribution in [2.75, 3.05) is 0 Å². The predicted octanol–water partition coefficient (Wildman–Crippen LogP) is 6.84. The molecule has 2 aliphatic rings. The zero-order valence-electron chi connectivity index (χ0n) is 15.3. The van der Waals surface area contributed by atoms with Crippen LogP contribution < -0.4 is 0 Å². The van der Waals surface area contributed by atoms with Crippen molar-refractivity contribution in [3.63, 3.8) is 0 Å². The molecule has 0 unspecified atom stereocenters. The number of rotatable bonds is 3. The summed E-state index contributed by atoms with van der Waals surface area (Å²) >= 11 is 0. The number of ketones is 1. The fraction of sp³-hybridized carbons (Fsp3) is 0. The lowest BCUT2D eigenvalue weighted by Gasteiger charge is -2.07. The summed E-state index contributed by atoms with van der Waals surface area (Å²) in [6, 6.07) is 36.5. The van der Waals surface area contributed by atoms with Crippen molar-refractivity contribution in [2.45, 2.75) is 0 Å². The summed E-state index contributed by atoms with van der Waals surface area (Å²) < 4.78 is 0. The molecule has 0 fully saturated rings. The van der Waals surface area contributed by atoms with Crippen LogP contribution >= 0.6 is 0 Å². The topological polar surface area (TPSA) is 17.1 Å².